The minimum Gasteiger partial charge on any atom is -0.321 e. The molecule has 0 fully saturated rings. The molecule has 0 amide bonds. The summed E-state index contributed by atoms with van der Waals surface area (Å²) in [6.45, 7) is 0.696. The quantitative estimate of drug-likeness (QED) is 0.913. The zero-order valence-corrected chi connectivity index (χ0v) is 11.1. The molecule has 1 atom stereocenters. The fourth-order valence-electron chi connectivity index (χ4n) is 2.17. The Morgan fingerprint density at radius 3 is 2.42 bits per heavy atom. The number of hydrazone groups is 1. The lowest BCUT2D eigenvalue weighted by Gasteiger charge is -2.13. The normalized spacial score (nSPS) is 18.5. The van der Waals surface area contributed by atoms with E-state index in [1.165, 1.54) is 0 Å². The van der Waals surface area contributed by atoms with Crippen LogP contribution in [-0.4, -0.2) is 18.3 Å². The molecule has 0 radical (unpaired) electrons. The van der Waals surface area contributed by atoms with Crippen LogP contribution in [0, 0.1) is 0 Å². The second-order valence-corrected chi connectivity index (χ2v) is 4.95. The van der Waals surface area contributed by atoms with E-state index in [2.05, 4.69) is 5.10 Å². The molecule has 0 aromatic heterocycles. The molecule has 0 spiro atoms. The third kappa shape index (κ3) is 2.48. The molecular weight excluding hydrogens is 258 g/mol. The number of hydrogen-bond acceptors (Lipinski definition) is 3. The first-order valence-corrected chi connectivity index (χ1v) is 6.54. The standard InChI is InChI=1S/C15H14ClN3/c16-12-8-6-11(7-9-12)15-14(17)10-19(18-15)13-4-2-1-3-5-13/h1-9,14H,10,17H2. The number of anilines is 1. The number of rotatable bonds is 2. The fraction of sp³-hybridized carbons (Fsp3) is 0.133. The highest BCUT2D eigenvalue weighted by Crippen LogP contribution is 2.21. The summed E-state index contributed by atoms with van der Waals surface area (Å²) in [4.78, 5) is 0. The molecule has 1 heterocycles. The number of halogens is 1. The Labute approximate surface area is 117 Å². The van der Waals surface area contributed by atoms with Crippen LogP contribution >= 0.6 is 11.6 Å². The van der Waals surface area contributed by atoms with Crippen LogP contribution in [0.2, 0.25) is 5.02 Å². The van der Waals surface area contributed by atoms with Crippen LogP contribution in [0.1, 0.15) is 5.56 Å². The van der Waals surface area contributed by atoms with Gasteiger partial charge < -0.3 is 5.73 Å². The number of benzene rings is 2. The lowest BCUT2D eigenvalue weighted by molar-refractivity contribution is 0.834. The van der Waals surface area contributed by atoms with Gasteiger partial charge in [-0.1, -0.05) is 41.9 Å². The van der Waals surface area contributed by atoms with E-state index in [1.807, 2.05) is 59.6 Å². The molecule has 1 unspecified atom stereocenters. The largest absolute Gasteiger partial charge is 0.321 e. The summed E-state index contributed by atoms with van der Waals surface area (Å²) in [5.41, 5.74) is 9.16. The fourth-order valence-corrected chi connectivity index (χ4v) is 2.30. The lowest BCUT2D eigenvalue weighted by Crippen LogP contribution is -2.33. The van der Waals surface area contributed by atoms with Gasteiger partial charge in [0.15, 0.2) is 0 Å². The van der Waals surface area contributed by atoms with Crippen molar-refractivity contribution in [2.24, 2.45) is 10.8 Å². The van der Waals surface area contributed by atoms with Gasteiger partial charge in [-0.25, -0.2) is 0 Å². The molecule has 3 rings (SSSR count). The average molecular weight is 272 g/mol. The SMILES string of the molecule is NC1CN(c2ccccc2)N=C1c1ccc(Cl)cc1. The minimum absolute atomic E-state index is 0.0821. The summed E-state index contributed by atoms with van der Waals surface area (Å²) < 4.78 is 0. The molecule has 1 aliphatic rings. The van der Waals surface area contributed by atoms with Crippen molar-refractivity contribution in [1.29, 1.82) is 0 Å². The zero-order chi connectivity index (χ0) is 13.2. The van der Waals surface area contributed by atoms with Crippen LogP contribution in [0.5, 0.6) is 0 Å². The van der Waals surface area contributed by atoms with E-state index in [0.717, 1.165) is 22.0 Å². The maximum atomic E-state index is 6.17. The Balaban J connectivity index is 1.92. The Bertz CT molecular complexity index is 593. The molecule has 19 heavy (non-hydrogen) atoms. The molecule has 96 valence electrons. The highest BCUT2D eigenvalue weighted by Gasteiger charge is 2.25. The maximum absolute atomic E-state index is 6.17. The van der Waals surface area contributed by atoms with Gasteiger partial charge in [0.2, 0.25) is 0 Å². The van der Waals surface area contributed by atoms with E-state index in [0.29, 0.717) is 6.54 Å². The average Bonchev–Trinajstić information content (AvgIpc) is 2.83. The molecule has 2 aromatic carbocycles. The summed E-state index contributed by atoms with van der Waals surface area (Å²) >= 11 is 5.90. The van der Waals surface area contributed by atoms with Crippen LogP contribution in [0.15, 0.2) is 59.7 Å². The lowest BCUT2D eigenvalue weighted by atomic mass is 10.1. The second kappa shape index (κ2) is 5.03. The summed E-state index contributed by atoms with van der Waals surface area (Å²) in [7, 11) is 0. The number of hydrogen-bond donors (Lipinski definition) is 1. The predicted octanol–water partition coefficient (Wildman–Crippen LogP) is 2.89. The highest BCUT2D eigenvalue weighted by molar-refractivity contribution is 6.30. The maximum Gasteiger partial charge on any atom is 0.0867 e. The molecule has 0 saturated heterocycles. The third-order valence-electron chi connectivity index (χ3n) is 3.14. The Kier molecular flexibility index (Phi) is 3.23. The van der Waals surface area contributed by atoms with E-state index in [4.69, 9.17) is 17.3 Å². The Hall–Kier alpha value is -1.84. The number of nitrogens with zero attached hydrogens (tertiary/aromatic N) is 2. The van der Waals surface area contributed by atoms with Gasteiger partial charge in [0, 0.05) is 5.02 Å². The Morgan fingerprint density at radius 1 is 1.05 bits per heavy atom. The first kappa shape index (κ1) is 12.2. The van der Waals surface area contributed by atoms with E-state index < -0.39 is 0 Å². The predicted molar refractivity (Wildman–Crippen MR) is 79.8 cm³/mol. The molecule has 1 aliphatic heterocycles. The van der Waals surface area contributed by atoms with Crippen molar-refractivity contribution in [2.45, 2.75) is 6.04 Å². The molecule has 2 aromatic rings. The molecule has 0 aliphatic carbocycles. The van der Waals surface area contributed by atoms with E-state index in [1.54, 1.807) is 0 Å². The van der Waals surface area contributed by atoms with Crippen molar-refractivity contribution in [3.8, 4) is 0 Å². The van der Waals surface area contributed by atoms with E-state index in [9.17, 15) is 0 Å². The van der Waals surface area contributed by atoms with Crippen LogP contribution in [0.3, 0.4) is 0 Å². The third-order valence-corrected chi connectivity index (χ3v) is 3.40. The van der Waals surface area contributed by atoms with Crippen molar-refractivity contribution in [3.05, 3.63) is 65.2 Å². The number of para-hydroxylation sites is 1. The molecule has 2 N–H and O–H groups in total. The van der Waals surface area contributed by atoms with E-state index >= 15 is 0 Å². The molecular formula is C15H14ClN3. The molecule has 3 nitrogen and oxygen atoms in total. The summed E-state index contributed by atoms with van der Waals surface area (Å²) in [5, 5.41) is 7.28. The topological polar surface area (TPSA) is 41.6 Å². The van der Waals surface area contributed by atoms with Crippen molar-refractivity contribution in [3.63, 3.8) is 0 Å². The van der Waals surface area contributed by atoms with Gasteiger partial charge >= 0.3 is 0 Å². The van der Waals surface area contributed by atoms with Gasteiger partial charge in [-0.2, -0.15) is 5.10 Å². The number of nitrogens with two attached hydrogens (primary N) is 1. The summed E-state index contributed by atoms with van der Waals surface area (Å²) in [6.07, 6.45) is 0. The van der Waals surface area contributed by atoms with Gasteiger partial charge in [-0.3, -0.25) is 5.01 Å². The van der Waals surface area contributed by atoms with Crippen molar-refractivity contribution in [2.75, 3.05) is 11.6 Å². The van der Waals surface area contributed by atoms with Crippen LogP contribution in [0.25, 0.3) is 0 Å². The monoisotopic (exact) mass is 271 g/mol. The molecule has 4 heteroatoms. The minimum atomic E-state index is -0.0821. The summed E-state index contributed by atoms with van der Waals surface area (Å²) in [5.74, 6) is 0. The van der Waals surface area contributed by atoms with Gasteiger partial charge in [0.1, 0.15) is 0 Å². The van der Waals surface area contributed by atoms with Crippen LogP contribution in [-0.2, 0) is 0 Å². The van der Waals surface area contributed by atoms with Crippen LogP contribution < -0.4 is 10.7 Å². The first-order valence-electron chi connectivity index (χ1n) is 6.16. The first-order chi connectivity index (χ1) is 9.24. The van der Waals surface area contributed by atoms with Gasteiger partial charge in [0.25, 0.3) is 0 Å². The van der Waals surface area contributed by atoms with Crippen LogP contribution in [0.4, 0.5) is 5.69 Å². The van der Waals surface area contributed by atoms with Gasteiger partial charge in [-0.05, 0) is 29.8 Å². The van der Waals surface area contributed by atoms with E-state index in [-0.39, 0.29) is 6.04 Å². The second-order valence-electron chi connectivity index (χ2n) is 4.52. The smallest absolute Gasteiger partial charge is 0.0867 e. The van der Waals surface area contributed by atoms with Gasteiger partial charge in [-0.15, -0.1) is 0 Å². The highest BCUT2D eigenvalue weighted by atomic mass is 35.5. The van der Waals surface area contributed by atoms with Crippen molar-refractivity contribution >= 4 is 23.0 Å². The molecule has 0 bridgehead atoms. The Morgan fingerprint density at radius 2 is 1.74 bits per heavy atom. The molecule has 0 saturated carbocycles. The summed E-state index contributed by atoms with van der Waals surface area (Å²) in [6, 6.07) is 17.6. The van der Waals surface area contributed by atoms with Crippen molar-refractivity contribution in [1.82, 2.24) is 0 Å². The van der Waals surface area contributed by atoms with Crippen molar-refractivity contribution < 1.29 is 0 Å². The van der Waals surface area contributed by atoms with Gasteiger partial charge in [0.05, 0.1) is 24.0 Å². The zero-order valence-electron chi connectivity index (χ0n) is 10.3.